The fraction of sp³-hybridized carbons (Fsp3) is 0.800. The smallest absolute Gasteiger partial charge is 0.272 e. The van der Waals surface area contributed by atoms with Crippen LogP contribution in [0.4, 0.5) is 13.2 Å². The van der Waals surface area contributed by atoms with Crippen LogP contribution in [0, 0.1) is 0 Å². The number of carbonyl (C=O) groups is 1. The van der Waals surface area contributed by atoms with Crippen LogP contribution in [0.2, 0.25) is 0 Å². The minimum atomic E-state index is -4.57. The van der Waals surface area contributed by atoms with Crippen molar-refractivity contribution in [2.45, 2.75) is 6.18 Å². The Hall–Kier alpha value is -0.830. The zero-order valence-electron chi connectivity index (χ0n) is 7.09. The van der Waals surface area contributed by atoms with Gasteiger partial charge in [0.05, 0.1) is 0 Å². The van der Waals surface area contributed by atoms with Crippen molar-refractivity contribution in [3.05, 3.63) is 0 Å². The van der Waals surface area contributed by atoms with Crippen LogP contribution in [0.3, 0.4) is 0 Å². The highest BCUT2D eigenvalue weighted by atomic mass is 32.2. The van der Waals surface area contributed by atoms with Crippen molar-refractivity contribution in [2.24, 2.45) is 0 Å². The predicted octanol–water partition coefficient (Wildman–Crippen LogP) is -0.359. The Labute approximate surface area is 78.1 Å². The van der Waals surface area contributed by atoms with E-state index in [4.69, 9.17) is 0 Å². The highest BCUT2D eigenvalue weighted by Crippen LogP contribution is 2.13. The first-order chi connectivity index (χ1) is 6.10. The second kappa shape index (κ2) is 4.60. The predicted molar refractivity (Wildman–Crippen MR) is 39.9 cm³/mol. The molecule has 0 aromatic carbocycles. The quantitative estimate of drug-likeness (QED) is 0.675. The lowest BCUT2D eigenvalue weighted by Crippen LogP contribution is -2.33. The topological polar surface area (TPSA) is 72.5 Å². The van der Waals surface area contributed by atoms with E-state index in [2.05, 4.69) is 4.84 Å². The van der Waals surface area contributed by atoms with Crippen LogP contribution in [0.25, 0.3) is 0 Å². The lowest BCUT2D eigenvalue weighted by atomic mass is 10.7. The summed E-state index contributed by atoms with van der Waals surface area (Å²) in [6, 6.07) is 0. The van der Waals surface area contributed by atoms with Gasteiger partial charge >= 0.3 is 6.18 Å². The van der Waals surface area contributed by atoms with E-state index in [0.717, 1.165) is 6.26 Å². The third kappa shape index (κ3) is 9.26. The Bertz CT molecular complexity index is 297. The number of hydrogen-bond acceptors (Lipinski definition) is 4. The van der Waals surface area contributed by atoms with Crippen molar-refractivity contribution < 1.29 is 31.2 Å². The molecule has 0 saturated heterocycles. The largest absolute Gasteiger partial charge is 0.414 e. The number of amides is 1. The van der Waals surface area contributed by atoms with Gasteiger partial charge in [0.15, 0.2) is 16.4 Å². The van der Waals surface area contributed by atoms with E-state index in [1.165, 1.54) is 5.48 Å². The third-order valence-corrected chi connectivity index (χ3v) is 1.60. The SMILES string of the molecule is CS(=O)(=O)CC(=O)NOCC(F)(F)F. The monoisotopic (exact) mass is 235 g/mol. The van der Waals surface area contributed by atoms with Crippen LogP contribution >= 0.6 is 0 Å². The van der Waals surface area contributed by atoms with Crippen molar-refractivity contribution >= 4 is 15.7 Å². The molecule has 84 valence electrons. The molecule has 0 aromatic rings. The second-order valence-corrected chi connectivity index (χ2v) is 4.64. The zero-order chi connectivity index (χ0) is 11.4. The summed E-state index contributed by atoms with van der Waals surface area (Å²) in [6.45, 7) is -1.66. The second-order valence-electron chi connectivity index (χ2n) is 2.50. The average molecular weight is 235 g/mol. The third-order valence-electron chi connectivity index (χ3n) is 0.815. The lowest BCUT2D eigenvalue weighted by Gasteiger charge is -2.07. The molecule has 1 N–H and O–H groups in total. The summed E-state index contributed by atoms with van der Waals surface area (Å²) < 4.78 is 55.3. The number of alkyl halides is 3. The summed E-state index contributed by atoms with van der Waals surface area (Å²) in [5.41, 5.74) is 1.36. The van der Waals surface area contributed by atoms with E-state index in [-0.39, 0.29) is 0 Å². The summed E-state index contributed by atoms with van der Waals surface area (Å²) in [7, 11) is -3.56. The molecule has 14 heavy (non-hydrogen) atoms. The minimum absolute atomic E-state index is 0.774. The van der Waals surface area contributed by atoms with Gasteiger partial charge in [0.1, 0.15) is 5.75 Å². The number of rotatable bonds is 4. The maximum Gasteiger partial charge on any atom is 0.414 e. The Morgan fingerprint density at radius 3 is 2.29 bits per heavy atom. The highest BCUT2D eigenvalue weighted by molar-refractivity contribution is 7.91. The molecule has 0 aliphatic heterocycles. The zero-order valence-corrected chi connectivity index (χ0v) is 7.91. The van der Waals surface area contributed by atoms with Crippen LogP contribution in [-0.2, 0) is 19.5 Å². The van der Waals surface area contributed by atoms with Gasteiger partial charge in [-0.05, 0) is 0 Å². The maximum atomic E-state index is 11.4. The van der Waals surface area contributed by atoms with Crippen molar-refractivity contribution in [1.82, 2.24) is 5.48 Å². The standard InChI is InChI=1S/C5H8F3NO4S/c1-14(11,12)2-4(10)9-13-3-5(6,7)8/h2-3H2,1H3,(H,9,10). The molecular weight excluding hydrogens is 227 g/mol. The molecule has 0 aliphatic carbocycles. The fourth-order valence-electron chi connectivity index (χ4n) is 0.466. The molecular formula is C5H8F3NO4S. The molecule has 0 unspecified atom stereocenters. The van der Waals surface area contributed by atoms with Crippen molar-refractivity contribution in [1.29, 1.82) is 0 Å². The number of hydroxylamine groups is 1. The molecule has 5 nitrogen and oxygen atoms in total. The summed E-state index contributed by atoms with van der Waals surface area (Å²) in [4.78, 5) is 14.3. The summed E-state index contributed by atoms with van der Waals surface area (Å²) >= 11 is 0. The number of hydrogen-bond donors (Lipinski definition) is 1. The van der Waals surface area contributed by atoms with E-state index in [0.29, 0.717) is 0 Å². The molecule has 0 atom stereocenters. The molecule has 0 aromatic heterocycles. The Kier molecular flexibility index (Phi) is 4.33. The van der Waals surface area contributed by atoms with Crippen LogP contribution in [-0.4, -0.2) is 39.1 Å². The normalized spacial score (nSPS) is 12.6. The van der Waals surface area contributed by atoms with Gasteiger partial charge in [-0.3, -0.25) is 9.63 Å². The average Bonchev–Trinajstić information content (AvgIpc) is 1.78. The maximum absolute atomic E-state index is 11.4. The van der Waals surface area contributed by atoms with E-state index >= 15 is 0 Å². The Morgan fingerprint density at radius 2 is 1.93 bits per heavy atom. The Balaban J connectivity index is 3.77. The van der Waals surface area contributed by atoms with Crippen molar-refractivity contribution in [3.8, 4) is 0 Å². The molecule has 0 rings (SSSR count). The number of nitrogens with one attached hydrogen (secondary N) is 1. The molecule has 0 saturated carbocycles. The van der Waals surface area contributed by atoms with Gasteiger partial charge in [0.25, 0.3) is 5.91 Å². The summed E-state index contributed by atoms with van der Waals surface area (Å²) in [5.74, 6) is -2.05. The van der Waals surface area contributed by atoms with Gasteiger partial charge in [-0.2, -0.15) is 13.2 Å². The van der Waals surface area contributed by atoms with Gasteiger partial charge < -0.3 is 0 Å². The molecule has 0 aliphatic rings. The minimum Gasteiger partial charge on any atom is -0.272 e. The van der Waals surface area contributed by atoms with Crippen LogP contribution in [0.15, 0.2) is 0 Å². The van der Waals surface area contributed by atoms with Crippen LogP contribution < -0.4 is 5.48 Å². The van der Waals surface area contributed by atoms with Gasteiger partial charge in [0.2, 0.25) is 0 Å². The fourth-order valence-corrected chi connectivity index (χ4v) is 1.00. The van der Waals surface area contributed by atoms with Gasteiger partial charge in [-0.1, -0.05) is 0 Å². The van der Waals surface area contributed by atoms with E-state index < -0.39 is 34.3 Å². The number of carbonyl (C=O) groups excluding carboxylic acids is 1. The van der Waals surface area contributed by atoms with Gasteiger partial charge in [-0.15, -0.1) is 0 Å². The molecule has 0 spiro atoms. The first-order valence-corrected chi connectivity index (χ1v) is 5.31. The van der Waals surface area contributed by atoms with Crippen LogP contribution in [0.5, 0.6) is 0 Å². The molecule has 1 amide bonds. The van der Waals surface area contributed by atoms with E-state index in [9.17, 15) is 26.4 Å². The molecule has 0 fully saturated rings. The van der Waals surface area contributed by atoms with Crippen LogP contribution in [0.1, 0.15) is 0 Å². The van der Waals surface area contributed by atoms with Crippen molar-refractivity contribution in [3.63, 3.8) is 0 Å². The van der Waals surface area contributed by atoms with Crippen molar-refractivity contribution in [2.75, 3.05) is 18.6 Å². The lowest BCUT2D eigenvalue weighted by molar-refractivity contribution is -0.191. The first kappa shape index (κ1) is 13.2. The van der Waals surface area contributed by atoms with Gasteiger partial charge in [0, 0.05) is 6.26 Å². The molecule has 9 heteroatoms. The molecule has 0 radical (unpaired) electrons. The number of halogens is 3. The highest BCUT2D eigenvalue weighted by Gasteiger charge is 2.28. The molecule has 0 bridgehead atoms. The summed E-state index contributed by atoms with van der Waals surface area (Å²) in [6.07, 6.45) is -3.80. The summed E-state index contributed by atoms with van der Waals surface area (Å²) in [5, 5.41) is 0. The Morgan fingerprint density at radius 1 is 1.43 bits per heavy atom. The number of sulfone groups is 1. The first-order valence-electron chi connectivity index (χ1n) is 3.25. The van der Waals surface area contributed by atoms with E-state index in [1.807, 2.05) is 0 Å². The molecule has 0 heterocycles. The van der Waals surface area contributed by atoms with E-state index in [1.54, 1.807) is 0 Å². The van der Waals surface area contributed by atoms with Gasteiger partial charge in [-0.25, -0.2) is 13.9 Å².